The highest BCUT2D eigenvalue weighted by molar-refractivity contribution is 5.81. The first-order chi connectivity index (χ1) is 10.6. The molecule has 0 bridgehead atoms. The second-order valence-corrected chi connectivity index (χ2v) is 4.31. The summed E-state index contributed by atoms with van der Waals surface area (Å²) in [5.41, 5.74) is 5.75. The summed E-state index contributed by atoms with van der Waals surface area (Å²) in [5.74, 6) is 1.000. The van der Waals surface area contributed by atoms with Gasteiger partial charge in [0, 0.05) is 23.4 Å². The molecule has 1 unspecified atom stereocenters. The first kappa shape index (κ1) is 17.7. The van der Waals surface area contributed by atoms with Gasteiger partial charge < -0.3 is 24.4 Å². The molecule has 0 aliphatic heterocycles. The fraction of sp³-hybridized carbons (Fsp3) is 0.375. The molecule has 2 N–H and O–H groups in total. The maximum absolute atomic E-state index is 11.8. The van der Waals surface area contributed by atoms with Crippen molar-refractivity contribution in [3.05, 3.63) is 34.2 Å². The van der Waals surface area contributed by atoms with Crippen LogP contribution in [0.1, 0.15) is 19.4 Å². The molecule has 120 valence electrons. The molecule has 1 atom stereocenters. The summed E-state index contributed by atoms with van der Waals surface area (Å²) in [6.07, 6.45) is 0.731. The molecule has 2 aromatic rings. The number of benzene rings is 1. The maximum atomic E-state index is 11.8. The number of aldehydes is 1. The van der Waals surface area contributed by atoms with Crippen LogP contribution in [0.15, 0.2) is 27.4 Å². The van der Waals surface area contributed by atoms with Crippen LogP contribution >= 0.6 is 0 Å². The molecule has 0 radical (unpaired) electrons. The molecule has 6 nitrogen and oxygen atoms in total. The number of carbonyl (C=O) groups excluding carboxylic acids is 1. The van der Waals surface area contributed by atoms with Gasteiger partial charge in [-0.25, -0.2) is 4.79 Å². The normalized spacial score (nSPS) is 11.3. The summed E-state index contributed by atoms with van der Waals surface area (Å²) in [4.78, 5) is 22.4. The minimum absolute atomic E-state index is 0.135. The molecule has 0 saturated heterocycles. The van der Waals surface area contributed by atoms with Crippen molar-refractivity contribution in [2.45, 2.75) is 26.3 Å². The number of hydrogen-bond donors (Lipinski definition) is 1. The summed E-state index contributed by atoms with van der Waals surface area (Å²) in [6.45, 7) is 4.00. The fourth-order valence-corrected chi connectivity index (χ4v) is 1.93. The number of fused-ring (bicyclic) bond motifs is 1. The zero-order valence-electron chi connectivity index (χ0n) is 13.2. The zero-order valence-corrected chi connectivity index (χ0v) is 13.2. The SMILES string of the molecule is CC.COc1cc2cc(CC(N)C=O)c(=O)oc2cc1OC. The number of nitrogens with two attached hydrogens (primary N) is 1. The van der Waals surface area contributed by atoms with Crippen LogP contribution in [0.4, 0.5) is 0 Å². The third-order valence-corrected chi connectivity index (χ3v) is 2.94. The molecule has 0 saturated carbocycles. The molecular formula is C16H21NO5. The minimum Gasteiger partial charge on any atom is -0.493 e. The Hall–Kier alpha value is -2.34. The van der Waals surface area contributed by atoms with Crippen LogP contribution in [0.5, 0.6) is 11.5 Å². The molecule has 0 aliphatic rings. The van der Waals surface area contributed by atoms with Gasteiger partial charge in [-0.15, -0.1) is 0 Å². The van der Waals surface area contributed by atoms with Gasteiger partial charge in [-0.2, -0.15) is 0 Å². The van der Waals surface area contributed by atoms with Crippen molar-refractivity contribution >= 4 is 17.3 Å². The topological polar surface area (TPSA) is 91.8 Å². The molecule has 0 fully saturated rings. The molecule has 0 spiro atoms. The summed E-state index contributed by atoms with van der Waals surface area (Å²) in [5, 5.41) is 0.676. The van der Waals surface area contributed by atoms with E-state index in [-0.39, 0.29) is 6.42 Å². The summed E-state index contributed by atoms with van der Waals surface area (Å²) in [6, 6.07) is 4.20. The Kier molecular flexibility index (Phi) is 6.59. The van der Waals surface area contributed by atoms with E-state index in [2.05, 4.69) is 0 Å². The monoisotopic (exact) mass is 307 g/mol. The van der Waals surface area contributed by atoms with E-state index in [1.165, 1.54) is 14.2 Å². The van der Waals surface area contributed by atoms with E-state index in [1.54, 1.807) is 18.2 Å². The van der Waals surface area contributed by atoms with E-state index >= 15 is 0 Å². The standard InChI is InChI=1S/C14H15NO5.C2H6/c1-18-12-5-8-3-9(4-10(15)7-16)14(17)20-11(8)6-13(12)19-2;1-2/h3,5-7,10H,4,15H2,1-2H3;1-2H3. The Morgan fingerprint density at radius 2 is 1.77 bits per heavy atom. The first-order valence-electron chi connectivity index (χ1n) is 6.98. The lowest BCUT2D eigenvalue weighted by Crippen LogP contribution is -2.26. The molecule has 22 heavy (non-hydrogen) atoms. The van der Waals surface area contributed by atoms with Crippen molar-refractivity contribution in [3.8, 4) is 11.5 Å². The lowest BCUT2D eigenvalue weighted by molar-refractivity contribution is -0.108. The van der Waals surface area contributed by atoms with Gasteiger partial charge in [0.1, 0.15) is 11.9 Å². The average molecular weight is 307 g/mol. The van der Waals surface area contributed by atoms with Gasteiger partial charge in [0.2, 0.25) is 0 Å². The molecule has 0 aliphatic carbocycles. The van der Waals surface area contributed by atoms with Gasteiger partial charge in [-0.05, 0) is 12.1 Å². The lowest BCUT2D eigenvalue weighted by atomic mass is 10.1. The van der Waals surface area contributed by atoms with Crippen LogP contribution in [0.3, 0.4) is 0 Å². The van der Waals surface area contributed by atoms with Gasteiger partial charge in [0.05, 0.1) is 20.3 Å². The third-order valence-electron chi connectivity index (χ3n) is 2.94. The second-order valence-electron chi connectivity index (χ2n) is 4.31. The number of carbonyl (C=O) groups is 1. The van der Waals surface area contributed by atoms with E-state index in [4.69, 9.17) is 19.6 Å². The highest BCUT2D eigenvalue weighted by atomic mass is 16.5. The second kappa shape index (κ2) is 8.19. The van der Waals surface area contributed by atoms with Crippen LogP contribution in [0, 0.1) is 0 Å². The van der Waals surface area contributed by atoms with Crippen LogP contribution in [-0.2, 0) is 11.2 Å². The van der Waals surface area contributed by atoms with Crippen molar-refractivity contribution in [1.29, 1.82) is 0 Å². The lowest BCUT2D eigenvalue weighted by Gasteiger charge is -2.09. The van der Waals surface area contributed by atoms with Crippen molar-refractivity contribution < 1.29 is 18.7 Å². The molecule has 1 heterocycles. The number of rotatable bonds is 5. The average Bonchev–Trinajstić information content (AvgIpc) is 2.56. The summed E-state index contributed by atoms with van der Waals surface area (Å²) < 4.78 is 15.6. The van der Waals surface area contributed by atoms with Crippen molar-refractivity contribution in [2.24, 2.45) is 5.73 Å². The van der Waals surface area contributed by atoms with Crippen LogP contribution < -0.4 is 20.8 Å². The van der Waals surface area contributed by atoms with Gasteiger partial charge in [0.15, 0.2) is 11.5 Å². The van der Waals surface area contributed by atoms with E-state index in [1.807, 2.05) is 13.8 Å². The highest BCUT2D eigenvalue weighted by Crippen LogP contribution is 2.31. The quantitative estimate of drug-likeness (QED) is 0.670. The zero-order chi connectivity index (χ0) is 16.7. The Balaban J connectivity index is 0.00000116. The minimum atomic E-state index is -0.726. The van der Waals surface area contributed by atoms with Crippen molar-refractivity contribution in [3.63, 3.8) is 0 Å². The van der Waals surface area contributed by atoms with Gasteiger partial charge in [0.25, 0.3) is 0 Å². The Labute approximate surface area is 128 Å². The van der Waals surface area contributed by atoms with Crippen molar-refractivity contribution in [1.82, 2.24) is 0 Å². The van der Waals surface area contributed by atoms with Crippen LogP contribution in [0.2, 0.25) is 0 Å². The largest absolute Gasteiger partial charge is 0.493 e. The molecular weight excluding hydrogens is 286 g/mol. The Morgan fingerprint density at radius 1 is 1.18 bits per heavy atom. The molecule has 1 aromatic carbocycles. The van der Waals surface area contributed by atoms with Crippen molar-refractivity contribution in [2.75, 3.05) is 14.2 Å². The van der Waals surface area contributed by atoms with Gasteiger partial charge in [-0.3, -0.25) is 0 Å². The van der Waals surface area contributed by atoms with E-state index in [0.717, 1.165) is 0 Å². The molecule has 6 heteroatoms. The Morgan fingerprint density at radius 3 is 2.32 bits per heavy atom. The number of hydrogen-bond acceptors (Lipinski definition) is 6. The molecule has 2 rings (SSSR count). The molecule has 0 amide bonds. The van der Waals surface area contributed by atoms with Gasteiger partial charge in [-0.1, -0.05) is 13.8 Å². The van der Waals surface area contributed by atoms with E-state index in [9.17, 15) is 9.59 Å². The van der Waals surface area contributed by atoms with E-state index < -0.39 is 11.7 Å². The fourth-order valence-electron chi connectivity index (χ4n) is 1.93. The number of ether oxygens (including phenoxy) is 2. The summed E-state index contributed by atoms with van der Waals surface area (Å²) >= 11 is 0. The Bertz CT molecular complexity index is 693. The predicted octanol–water partition coefficient (Wildman–Crippen LogP) is 1.91. The maximum Gasteiger partial charge on any atom is 0.339 e. The van der Waals surface area contributed by atoms with E-state index in [0.29, 0.717) is 34.3 Å². The van der Waals surface area contributed by atoms with Crippen LogP contribution in [-0.4, -0.2) is 26.5 Å². The smallest absolute Gasteiger partial charge is 0.339 e. The summed E-state index contributed by atoms with van der Waals surface area (Å²) in [7, 11) is 3.02. The number of methoxy groups -OCH3 is 2. The molecule has 1 aromatic heterocycles. The highest BCUT2D eigenvalue weighted by Gasteiger charge is 2.12. The van der Waals surface area contributed by atoms with Crippen LogP contribution in [0.25, 0.3) is 11.0 Å². The third kappa shape index (κ3) is 3.85. The predicted molar refractivity (Wildman–Crippen MR) is 84.7 cm³/mol. The first-order valence-corrected chi connectivity index (χ1v) is 6.98. The van der Waals surface area contributed by atoms with Gasteiger partial charge >= 0.3 is 5.63 Å².